The van der Waals surface area contributed by atoms with Crippen molar-refractivity contribution in [3.8, 4) is 11.8 Å². The normalized spacial score (nSPS) is 19.5. The molecule has 1 amide bonds. The Labute approximate surface area is 520 Å². The van der Waals surface area contributed by atoms with E-state index in [1.165, 1.54) is 12.1 Å². The number of hydrogen-bond acceptors (Lipinski definition) is 19. The summed E-state index contributed by atoms with van der Waals surface area (Å²) in [7, 11) is -36.9. The van der Waals surface area contributed by atoms with Gasteiger partial charge in [0.2, 0.25) is 11.6 Å². The molecule has 1 aromatic heterocycles. The number of hydrogen-bond donors (Lipinski definition) is 10. The maximum absolute atomic E-state index is 13.0. The Morgan fingerprint density at radius 3 is 1.95 bits per heavy atom. The summed E-state index contributed by atoms with van der Waals surface area (Å²) in [5.74, 6) is 4.79. The summed E-state index contributed by atoms with van der Waals surface area (Å²) in [4.78, 5) is 76.0. The molecule has 1 saturated heterocycles. The topological polar surface area (TPSA) is 477 Å². The lowest BCUT2D eigenvalue weighted by molar-refractivity contribution is -0.438. The summed E-state index contributed by atoms with van der Waals surface area (Å²) in [6, 6.07) is 9.73. The average molecular weight is 1410 g/mol. The number of amides is 1. The molecule has 0 aliphatic carbocycles. The summed E-state index contributed by atoms with van der Waals surface area (Å²) in [5.41, 5.74) is -0.554. The number of rotatable bonds is 23. The molecule has 10 N–H and O–H groups in total. The molecule has 0 bridgehead atoms. The van der Waals surface area contributed by atoms with Crippen molar-refractivity contribution in [2.45, 2.75) is 116 Å². The zero-order valence-corrected chi connectivity index (χ0v) is 54.5. The molecule has 8 rings (SSSR count). The van der Waals surface area contributed by atoms with Gasteiger partial charge in [0.05, 0.1) is 34.5 Å². The Bertz CT molecular complexity index is 4810. The summed E-state index contributed by atoms with van der Waals surface area (Å²) in [6.07, 6.45) is 9.19. The van der Waals surface area contributed by atoms with Crippen LogP contribution in [-0.2, 0) is 87.7 Å². The van der Waals surface area contributed by atoms with Gasteiger partial charge in [-0.2, -0.15) is 46.9 Å². The average Bonchev–Trinajstić information content (AvgIpc) is 1.61. The van der Waals surface area contributed by atoms with E-state index < -0.39 is 130 Å². The summed E-state index contributed by atoms with van der Waals surface area (Å²) >= 11 is 0. The van der Waals surface area contributed by atoms with Gasteiger partial charge >= 0.3 is 29.2 Å². The van der Waals surface area contributed by atoms with Crippen molar-refractivity contribution in [3.63, 3.8) is 0 Å². The van der Waals surface area contributed by atoms with E-state index in [4.69, 9.17) is 14.5 Å². The molecule has 3 aliphatic heterocycles. The molecule has 4 heterocycles. The lowest BCUT2D eigenvalue weighted by Crippen LogP contribution is -2.33. The number of aromatic nitrogens is 2. The van der Waals surface area contributed by atoms with Crippen molar-refractivity contribution in [1.29, 1.82) is 0 Å². The minimum absolute atomic E-state index is 0.0226. The van der Waals surface area contributed by atoms with E-state index in [0.717, 1.165) is 22.9 Å². The van der Waals surface area contributed by atoms with Gasteiger partial charge in [-0.25, -0.2) is 18.5 Å². The number of carbonyl (C=O) groups is 1. The first-order valence-electron chi connectivity index (χ1n) is 27.1. The molecular weight excluding hydrogens is 1340 g/mol. The second-order valence-corrected chi connectivity index (χ2v) is 32.0. The standard InChI is InChI=1S/C53H60N5O26P3S4/c1-6-56-40-21-19-36-38(26-34(88(69,70)71)28-42(36)90(75,76)77)48(40)52(2,3)44(56)15-9-7-10-16-45-53(4,5)49-39-27-35(89(72,73)74)29-43(91(78,79)80)37(39)20-22-41(49)57(45)25-12-8-11-17-46(59)54-24-13-14-32-30-58(51(61)55-50(32)60)47-23-18-33(82-47)31-81-86(65,66)84-87(67,68)83-85(62,63)64/h7,9-10,15-16,19-22,26-30,33,47H,6,8,11-12,17-18,23-25,31H2,1-5H3,(H9-,54,55,59,60,61,62,63,64,65,66,67,68,69,70,71,72,73,74,75,76,77,78,79,80)/p+1. The summed E-state index contributed by atoms with van der Waals surface area (Å²) in [6.45, 7) is 8.85. The number of nitrogens with zero attached hydrogens (tertiary/aromatic N) is 3. The quantitative estimate of drug-likeness (QED) is 0.00926. The van der Waals surface area contributed by atoms with Gasteiger partial charge in [0, 0.05) is 70.9 Å². The predicted molar refractivity (Wildman–Crippen MR) is 325 cm³/mol. The van der Waals surface area contributed by atoms with Crippen molar-refractivity contribution in [2.75, 3.05) is 31.1 Å². The minimum Gasteiger partial charge on any atom is -0.352 e. The van der Waals surface area contributed by atoms with Gasteiger partial charge in [0.15, 0.2) is 5.71 Å². The number of phosphoric ester groups is 1. The predicted octanol–water partition coefficient (Wildman–Crippen LogP) is 5.77. The molecule has 492 valence electrons. The molecule has 0 spiro atoms. The Balaban J connectivity index is 0.977. The molecule has 4 atom stereocenters. The van der Waals surface area contributed by atoms with Crippen LogP contribution >= 0.6 is 23.5 Å². The van der Waals surface area contributed by atoms with Gasteiger partial charge in [-0.15, -0.1) is 0 Å². The van der Waals surface area contributed by atoms with E-state index in [2.05, 4.69) is 35.3 Å². The van der Waals surface area contributed by atoms with E-state index in [-0.39, 0.29) is 52.9 Å². The highest BCUT2D eigenvalue weighted by atomic mass is 32.2. The molecule has 4 aromatic carbocycles. The van der Waals surface area contributed by atoms with Crippen LogP contribution in [0, 0.1) is 11.8 Å². The SMILES string of the molecule is CCN1/C(=C/C=C/C=C/C2=[N+](CCCCCC(=O)NCC#Cc3cn(C4CCC(COP(=O)(O)OP(=O)(O)OP(=O)(O)O)O4)c(=O)[nH]c3=O)c3ccc4c(S(=O)(=O)O)cc(S(=O)(=O)O)cc4c3C2(C)C)C(C)(C)c2c1ccc1c(S(=O)(=O)O)cc(S(=O)(=O)O)cc21. The number of allylic oxidation sites excluding steroid dienone is 6. The van der Waals surface area contributed by atoms with Crippen LogP contribution in [0.25, 0.3) is 21.5 Å². The van der Waals surface area contributed by atoms with Crippen LogP contribution in [-0.4, -0.2) is 130 Å². The van der Waals surface area contributed by atoms with Crippen LogP contribution in [0.2, 0.25) is 0 Å². The fraction of sp³-hybridized carbons (Fsp3) is 0.358. The number of likely N-dealkylation sites (N-methyl/N-ethyl adjacent to an activating group) is 1. The third-order valence-electron chi connectivity index (χ3n) is 15.1. The second kappa shape index (κ2) is 26.0. The molecule has 4 unspecified atom stereocenters. The number of carbonyl (C=O) groups excluding carboxylic acids is 1. The smallest absolute Gasteiger partial charge is 0.352 e. The number of anilines is 1. The molecule has 5 aromatic rings. The maximum Gasteiger partial charge on any atom is 0.490 e. The van der Waals surface area contributed by atoms with Gasteiger partial charge in [-0.1, -0.05) is 50.0 Å². The highest BCUT2D eigenvalue weighted by Gasteiger charge is 2.47. The van der Waals surface area contributed by atoms with Crippen molar-refractivity contribution < 1.29 is 112 Å². The largest absolute Gasteiger partial charge is 0.490 e. The van der Waals surface area contributed by atoms with Gasteiger partial charge in [0.25, 0.3) is 46.0 Å². The zero-order valence-electron chi connectivity index (χ0n) is 48.6. The number of H-pyrrole nitrogens is 1. The Morgan fingerprint density at radius 1 is 0.758 bits per heavy atom. The van der Waals surface area contributed by atoms with Crippen molar-refractivity contribution in [2.24, 2.45) is 0 Å². The summed E-state index contributed by atoms with van der Waals surface area (Å²) in [5, 5.41) is 2.88. The van der Waals surface area contributed by atoms with Gasteiger partial charge in [-0.05, 0) is 105 Å². The Morgan fingerprint density at radius 2 is 1.36 bits per heavy atom. The van der Waals surface area contributed by atoms with Crippen molar-refractivity contribution >= 4 is 108 Å². The third kappa shape index (κ3) is 15.9. The monoisotopic (exact) mass is 1400 g/mol. The molecule has 0 radical (unpaired) electrons. The molecule has 31 nitrogen and oxygen atoms in total. The summed E-state index contributed by atoms with van der Waals surface area (Å²) < 4.78 is 196. The highest BCUT2D eigenvalue weighted by molar-refractivity contribution is 7.87. The molecule has 1 fully saturated rings. The molecule has 0 saturated carbocycles. The second-order valence-electron chi connectivity index (χ2n) is 22.0. The van der Waals surface area contributed by atoms with Crippen LogP contribution < -0.4 is 21.5 Å². The maximum atomic E-state index is 13.0. The lowest BCUT2D eigenvalue weighted by atomic mass is 9.79. The van der Waals surface area contributed by atoms with Crippen molar-refractivity contribution in [3.05, 3.63) is 128 Å². The third-order valence-corrected chi connectivity index (χ3v) is 22.3. The first-order valence-corrected chi connectivity index (χ1v) is 37.4. The van der Waals surface area contributed by atoms with Gasteiger partial charge in [0.1, 0.15) is 28.1 Å². The number of unbranched alkanes of at least 4 members (excludes halogenated alkanes) is 2. The Hall–Kier alpha value is -6.19. The van der Waals surface area contributed by atoms with Crippen LogP contribution in [0.4, 0.5) is 11.4 Å². The van der Waals surface area contributed by atoms with E-state index in [1.807, 2.05) is 44.1 Å². The lowest BCUT2D eigenvalue weighted by Gasteiger charge is -2.26. The first-order chi connectivity index (χ1) is 41.9. The number of fused-ring (bicyclic) bond motifs is 6. The molecular formula is C53H61N5O26P3S4+. The van der Waals surface area contributed by atoms with Crippen LogP contribution in [0.15, 0.2) is 120 Å². The van der Waals surface area contributed by atoms with Crippen LogP contribution in [0.5, 0.6) is 0 Å². The fourth-order valence-corrected chi connectivity index (χ4v) is 17.1. The van der Waals surface area contributed by atoms with E-state index >= 15 is 0 Å². The van der Waals surface area contributed by atoms with E-state index in [0.29, 0.717) is 78.4 Å². The van der Waals surface area contributed by atoms with Crippen LogP contribution in [0.3, 0.4) is 0 Å². The van der Waals surface area contributed by atoms with E-state index in [9.17, 15) is 89.7 Å². The molecule has 91 heavy (non-hydrogen) atoms. The van der Waals surface area contributed by atoms with E-state index in [1.54, 1.807) is 42.5 Å². The molecule has 3 aliphatic rings. The van der Waals surface area contributed by atoms with Crippen molar-refractivity contribution in [1.82, 2.24) is 14.9 Å². The minimum atomic E-state index is -5.77. The fourth-order valence-electron chi connectivity index (χ4n) is 11.3. The number of ether oxygens (including phenoxy) is 1. The first kappa shape index (κ1) is 70.7. The Kier molecular flexibility index (Phi) is 20.2. The number of phosphoric acid groups is 3. The number of nitrogens with one attached hydrogen (secondary N) is 2. The zero-order chi connectivity index (χ0) is 67.4. The highest BCUT2D eigenvalue weighted by Crippen LogP contribution is 2.66. The number of aromatic amines is 1. The molecule has 38 heteroatoms. The van der Waals surface area contributed by atoms with Crippen LogP contribution in [0.1, 0.15) is 96.1 Å². The van der Waals surface area contributed by atoms with Gasteiger partial charge in [-0.3, -0.25) is 41.9 Å². The van der Waals surface area contributed by atoms with Gasteiger partial charge < -0.3 is 34.5 Å². The number of benzene rings is 4.